The van der Waals surface area contributed by atoms with Gasteiger partial charge >= 0.3 is 11.9 Å². The van der Waals surface area contributed by atoms with Gasteiger partial charge in [0.2, 0.25) is 0 Å². The minimum atomic E-state index is -0.384. The smallest absolute Gasteiger partial charge is 0.334 e. The van der Waals surface area contributed by atoms with Crippen molar-refractivity contribution in [2.24, 2.45) is 0 Å². The molecule has 0 aromatic carbocycles. The molecule has 0 amide bonds. The van der Waals surface area contributed by atoms with Crippen LogP contribution in [0.5, 0.6) is 0 Å². The average molecular weight is 369 g/mol. The lowest BCUT2D eigenvalue weighted by Gasteiger charge is -2.13. The van der Waals surface area contributed by atoms with Crippen LogP contribution in [0, 0.1) is 0 Å². The maximum atomic E-state index is 12.2. The summed E-state index contributed by atoms with van der Waals surface area (Å²) in [5.41, 5.74) is 1.03. The van der Waals surface area contributed by atoms with E-state index in [1.54, 1.807) is 0 Å². The monoisotopic (exact) mass is 368 g/mol. The second-order valence-electron chi connectivity index (χ2n) is 6.98. The highest BCUT2D eigenvalue weighted by Gasteiger charge is 2.21. The van der Waals surface area contributed by atoms with E-state index < -0.39 is 0 Å². The molecule has 26 heavy (non-hydrogen) atoms. The first-order chi connectivity index (χ1) is 12.6. The Morgan fingerprint density at radius 3 is 1.15 bits per heavy atom. The maximum Gasteiger partial charge on any atom is 0.334 e. The molecule has 0 atom stereocenters. The van der Waals surface area contributed by atoms with Crippen molar-refractivity contribution in [1.29, 1.82) is 0 Å². The molecule has 0 bridgehead atoms. The number of hydrogen-bond acceptors (Lipinski definition) is 4. The van der Waals surface area contributed by atoms with Gasteiger partial charge in [-0.3, -0.25) is 0 Å². The number of methoxy groups -OCH3 is 2. The van der Waals surface area contributed by atoms with Gasteiger partial charge in [-0.2, -0.15) is 0 Å². The number of carbonyl (C=O) groups excluding carboxylic acids is 2. The van der Waals surface area contributed by atoms with Crippen LogP contribution in [0.25, 0.3) is 0 Å². The second-order valence-corrected chi connectivity index (χ2v) is 6.98. The number of carbonyl (C=O) groups is 2. The lowest BCUT2D eigenvalue weighted by Crippen LogP contribution is -2.15. The fraction of sp³-hybridized carbons (Fsp3) is 0.818. The van der Waals surface area contributed by atoms with Crippen molar-refractivity contribution in [2.75, 3.05) is 14.2 Å². The lowest BCUT2D eigenvalue weighted by molar-refractivity contribution is -0.139. The molecule has 0 aromatic rings. The average Bonchev–Trinajstić information content (AvgIpc) is 2.66. The summed E-state index contributed by atoms with van der Waals surface area (Å²) in [7, 11) is 2.76. The molecule has 4 heteroatoms. The fourth-order valence-corrected chi connectivity index (χ4v) is 3.16. The third-order valence-corrected chi connectivity index (χ3v) is 4.79. The molecule has 4 nitrogen and oxygen atoms in total. The normalized spacial score (nSPS) is 11.8. The molecular formula is C22H40O4. The van der Waals surface area contributed by atoms with E-state index in [0.29, 0.717) is 24.0 Å². The molecule has 0 aliphatic carbocycles. The zero-order chi connectivity index (χ0) is 19.6. The predicted octanol–water partition coefficient (Wildman–Crippen LogP) is 6.13. The van der Waals surface area contributed by atoms with Crippen LogP contribution in [-0.2, 0) is 19.1 Å². The Labute approximate surface area is 160 Å². The van der Waals surface area contributed by atoms with Crippen LogP contribution in [0.1, 0.15) is 104 Å². The Morgan fingerprint density at radius 2 is 0.846 bits per heavy atom. The van der Waals surface area contributed by atoms with Crippen molar-refractivity contribution in [3.8, 4) is 0 Å². The third-order valence-electron chi connectivity index (χ3n) is 4.79. The van der Waals surface area contributed by atoms with Crippen molar-refractivity contribution in [2.45, 2.75) is 104 Å². The van der Waals surface area contributed by atoms with Gasteiger partial charge in [-0.15, -0.1) is 0 Å². The SMILES string of the molecule is CCCCCCCC/C(C(=O)OC)=C(\CCCCCCCC)C(=O)OC. The molecule has 0 aliphatic heterocycles. The van der Waals surface area contributed by atoms with E-state index >= 15 is 0 Å². The molecule has 0 rings (SSSR count). The molecule has 0 N–H and O–H groups in total. The molecule has 0 saturated carbocycles. The summed E-state index contributed by atoms with van der Waals surface area (Å²) in [5.74, 6) is -0.769. The summed E-state index contributed by atoms with van der Waals surface area (Å²) in [5, 5.41) is 0. The van der Waals surface area contributed by atoms with Crippen LogP contribution in [0.15, 0.2) is 11.1 Å². The molecule has 0 radical (unpaired) electrons. The number of unbranched alkanes of at least 4 members (excludes halogenated alkanes) is 10. The van der Waals surface area contributed by atoms with Gasteiger partial charge in [-0.05, 0) is 25.7 Å². The van der Waals surface area contributed by atoms with Crippen molar-refractivity contribution in [3.63, 3.8) is 0 Å². The number of ether oxygens (including phenoxy) is 2. The van der Waals surface area contributed by atoms with E-state index in [9.17, 15) is 9.59 Å². The quantitative estimate of drug-likeness (QED) is 0.187. The van der Waals surface area contributed by atoms with Crippen LogP contribution < -0.4 is 0 Å². The summed E-state index contributed by atoms with van der Waals surface area (Å²) >= 11 is 0. The van der Waals surface area contributed by atoms with Crippen molar-refractivity contribution in [1.82, 2.24) is 0 Å². The largest absolute Gasteiger partial charge is 0.466 e. The highest BCUT2D eigenvalue weighted by atomic mass is 16.5. The minimum Gasteiger partial charge on any atom is -0.466 e. The van der Waals surface area contributed by atoms with Crippen LogP contribution >= 0.6 is 0 Å². The van der Waals surface area contributed by atoms with Gasteiger partial charge in [-0.25, -0.2) is 9.59 Å². The third kappa shape index (κ3) is 11.3. The summed E-state index contributed by atoms with van der Waals surface area (Å²) in [6, 6.07) is 0. The fourth-order valence-electron chi connectivity index (χ4n) is 3.16. The molecular weight excluding hydrogens is 328 g/mol. The Bertz CT molecular complexity index is 374. The van der Waals surface area contributed by atoms with Crippen LogP contribution in [0.2, 0.25) is 0 Å². The van der Waals surface area contributed by atoms with Gasteiger partial charge in [-0.1, -0.05) is 78.1 Å². The molecule has 0 spiro atoms. The van der Waals surface area contributed by atoms with E-state index in [0.717, 1.165) is 25.7 Å². The highest BCUT2D eigenvalue weighted by molar-refractivity contribution is 6.00. The van der Waals surface area contributed by atoms with Gasteiger partial charge < -0.3 is 9.47 Å². The molecule has 0 fully saturated rings. The van der Waals surface area contributed by atoms with E-state index in [-0.39, 0.29) is 11.9 Å². The molecule has 0 heterocycles. The highest BCUT2D eigenvalue weighted by Crippen LogP contribution is 2.22. The molecule has 0 aromatic heterocycles. The Kier molecular flexibility index (Phi) is 16.2. The number of rotatable bonds is 16. The summed E-state index contributed by atoms with van der Waals surface area (Å²) in [6.45, 7) is 4.39. The van der Waals surface area contributed by atoms with Crippen LogP contribution in [-0.4, -0.2) is 26.2 Å². The number of esters is 2. The summed E-state index contributed by atoms with van der Waals surface area (Å²) in [6.07, 6.45) is 14.9. The standard InChI is InChI=1S/C22H40O4/c1-5-7-9-11-13-15-17-19(21(23)25-3)20(22(24)26-4)18-16-14-12-10-8-6-2/h5-18H2,1-4H3/b20-19-. The molecule has 0 unspecified atom stereocenters. The molecule has 0 saturated heterocycles. The molecule has 0 aliphatic rings. The predicted molar refractivity (Wildman–Crippen MR) is 107 cm³/mol. The Balaban J connectivity index is 4.78. The topological polar surface area (TPSA) is 52.6 Å². The van der Waals surface area contributed by atoms with Crippen LogP contribution in [0.3, 0.4) is 0 Å². The second kappa shape index (κ2) is 17.1. The summed E-state index contributed by atoms with van der Waals surface area (Å²) in [4.78, 5) is 24.5. The first-order valence-electron chi connectivity index (χ1n) is 10.5. The van der Waals surface area contributed by atoms with E-state index in [1.807, 2.05) is 0 Å². The lowest BCUT2D eigenvalue weighted by atomic mass is 9.96. The van der Waals surface area contributed by atoms with Gasteiger partial charge in [0.1, 0.15) is 0 Å². The van der Waals surface area contributed by atoms with E-state index in [2.05, 4.69) is 13.8 Å². The molecule has 152 valence electrons. The van der Waals surface area contributed by atoms with Gasteiger partial charge in [0.05, 0.1) is 14.2 Å². The number of hydrogen-bond donors (Lipinski definition) is 0. The first kappa shape index (κ1) is 24.7. The Hall–Kier alpha value is -1.32. The van der Waals surface area contributed by atoms with Gasteiger partial charge in [0.25, 0.3) is 0 Å². The van der Waals surface area contributed by atoms with Crippen molar-refractivity contribution in [3.05, 3.63) is 11.1 Å². The zero-order valence-electron chi connectivity index (χ0n) is 17.5. The minimum absolute atomic E-state index is 0.384. The van der Waals surface area contributed by atoms with Gasteiger partial charge in [0, 0.05) is 11.1 Å². The van der Waals surface area contributed by atoms with Crippen LogP contribution in [0.4, 0.5) is 0 Å². The van der Waals surface area contributed by atoms with Gasteiger partial charge in [0.15, 0.2) is 0 Å². The van der Waals surface area contributed by atoms with E-state index in [1.165, 1.54) is 65.6 Å². The Morgan fingerprint density at radius 1 is 0.538 bits per heavy atom. The van der Waals surface area contributed by atoms with E-state index in [4.69, 9.17) is 9.47 Å². The zero-order valence-corrected chi connectivity index (χ0v) is 17.5. The summed E-state index contributed by atoms with van der Waals surface area (Å²) < 4.78 is 9.88. The maximum absolute atomic E-state index is 12.2. The van der Waals surface area contributed by atoms with Crippen molar-refractivity contribution < 1.29 is 19.1 Å². The van der Waals surface area contributed by atoms with Crippen molar-refractivity contribution >= 4 is 11.9 Å². The first-order valence-corrected chi connectivity index (χ1v) is 10.5.